The molecule has 2 amide bonds. The van der Waals surface area contributed by atoms with E-state index in [2.05, 4.69) is 0 Å². The van der Waals surface area contributed by atoms with Gasteiger partial charge in [-0.05, 0) is 23.8 Å². The number of hydrogen-bond acceptors (Lipinski definition) is 4. The Bertz CT molecular complexity index is 854. The third-order valence-corrected chi connectivity index (χ3v) is 4.82. The molecule has 0 saturated carbocycles. The van der Waals surface area contributed by atoms with Crippen LogP contribution in [0, 0.1) is 5.82 Å². The number of ketones is 1. The van der Waals surface area contributed by atoms with Crippen LogP contribution in [0.25, 0.3) is 0 Å². The molecule has 0 spiro atoms. The van der Waals surface area contributed by atoms with Gasteiger partial charge in [0, 0.05) is 24.3 Å². The predicted octanol–water partition coefficient (Wildman–Crippen LogP) is 3.08. The lowest BCUT2D eigenvalue weighted by molar-refractivity contribution is 0.0548. The number of nitrogens with zero attached hydrogens (tertiary/aromatic N) is 2. The second-order valence-electron chi connectivity index (χ2n) is 6.39. The summed E-state index contributed by atoms with van der Waals surface area (Å²) < 4.78 is 18.9. The lowest BCUT2D eigenvalue weighted by atomic mass is 10.1. The van der Waals surface area contributed by atoms with Gasteiger partial charge in [-0.25, -0.2) is 9.18 Å². The van der Waals surface area contributed by atoms with Crippen molar-refractivity contribution >= 4 is 29.1 Å². The number of morpholine rings is 1. The number of amides is 2. The summed E-state index contributed by atoms with van der Waals surface area (Å²) in [7, 11) is 0. The Hall–Kier alpha value is -2.48. The number of anilines is 1. The summed E-state index contributed by atoms with van der Waals surface area (Å²) in [6, 6.07) is 10.9. The molecule has 148 valence electrons. The van der Waals surface area contributed by atoms with Crippen molar-refractivity contribution in [3.05, 3.63) is 64.4 Å². The Kier molecular flexibility index (Phi) is 6.61. The number of carbonyl (C=O) groups excluding carboxylic acids is 2. The molecule has 1 heterocycles. The number of nitrogens with two attached hydrogens (primary N) is 1. The largest absolute Gasteiger partial charge is 0.378 e. The molecule has 3 rings (SSSR count). The first kappa shape index (κ1) is 20.3. The maximum Gasteiger partial charge on any atom is 0.324 e. The molecule has 8 heteroatoms. The normalized spacial score (nSPS) is 14.0. The number of halogens is 2. The second-order valence-corrected chi connectivity index (χ2v) is 6.80. The predicted molar refractivity (Wildman–Crippen MR) is 105 cm³/mol. The SMILES string of the molecule is NCC(=O)c1ccc(CN(C(=O)N2CCOCC2)c2ccc(F)c(Cl)c2)cc1. The molecule has 6 nitrogen and oxygen atoms in total. The number of carbonyl (C=O) groups is 2. The van der Waals surface area contributed by atoms with E-state index in [-0.39, 0.29) is 29.9 Å². The van der Waals surface area contributed by atoms with Crippen molar-refractivity contribution in [1.82, 2.24) is 4.90 Å². The topological polar surface area (TPSA) is 75.9 Å². The number of benzene rings is 2. The van der Waals surface area contributed by atoms with Crippen LogP contribution in [0.3, 0.4) is 0 Å². The fourth-order valence-corrected chi connectivity index (χ4v) is 3.12. The van der Waals surface area contributed by atoms with Crippen molar-refractivity contribution in [3.63, 3.8) is 0 Å². The molecular formula is C20H21ClFN3O3. The molecule has 1 aliphatic heterocycles. The summed E-state index contributed by atoms with van der Waals surface area (Å²) in [5.41, 5.74) is 7.21. The molecule has 1 fully saturated rings. The van der Waals surface area contributed by atoms with Gasteiger partial charge < -0.3 is 15.4 Å². The van der Waals surface area contributed by atoms with Crippen molar-refractivity contribution in [3.8, 4) is 0 Å². The minimum absolute atomic E-state index is 0.0545. The monoisotopic (exact) mass is 405 g/mol. The molecule has 2 aromatic rings. The van der Waals surface area contributed by atoms with Gasteiger partial charge in [-0.2, -0.15) is 0 Å². The molecule has 28 heavy (non-hydrogen) atoms. The molecule has 0 aromatic heterocycles. The van der Waals surface area contributed by atoms with Crippen molar-refractivity contribution in [1.29, 1.82) is 0 Å². The fraction of sp³-hybridized carbons (Fsp3) is 0.300. The maximum absolute atomic E-state index is 13.6. The van der Waals surface area contributed by atoms with Gasteiger partial charge in [-0.1, -0.05) is 35.9 Å². The van der Waals surface area contributed by atoms with Crippen molar-refractivity contribution < 1.29 is 18.7 Å². The van der Waals surface area contributed by atoms with Crippen LogP contribution < -0.4 is 10.6 Å². The van der Waals surface area contributed by atoms with Gasteiger partial charge >= 0.3 is 6.03 Å². The van der Waals surface area contributed by atoms with Gasteiger partial charge in [0.1, 0.15) is 5.82 Å². The van der Waals surface area contributed by atoms with E-state index < -0.39 is 5.82 Å². The standard InChI is InChI=1S/C20H21ClFN3O3/c21-17-11-16(5-6-18(17)22)25(20(27)24-7-9-28-10-8-24)13-14-1-3-15(4-2-14)19(26)12-23/h1-6,11H,7-10,12-13,23H2. The van der Waals surface area contributed by atoms with Crippen molar-refractivity contribution in [2.75, 3.05) is 37.7 Å². The van der Waals surface area contributed by atoms with Crippen LogP contribution in [0.4, 0.5) is 14.9 Å². The number of rotatable bonds is 5. The van der Waals surface area contributed by atoms with E-state index in [1.807, 2.05) is 0 Å². The van der Waals surface area contributed by atoms with Gasteiger partial charge in [0.15, 0.2) is 5.78 Å². The Morgan fingerprint density at radius 1 is 1.14 bits per heavy atom. The first-order chi connectivity index (χ1) is 13.5. The maximum atomic E-state index is 13.6. The molecule has 0 unspecified atom stereocenters. The van der Waals surface area contributed by atoms with Gasteiger partial charge in [-0.15, -0.1) is 0 Å². The van der Waals surface area contributed by atoms with E-state index in [1.165, 1.54) is 23.1 Å². The summed E-state index contributed by atoms with van der Waals surface area (Å²) in [6.45, 7) is 2.09. The number of hydrogen-bond donors (Lipinski definition) is 1. The average molecular weight is 406 g/mol. The highest BCUT2D eigenvalue weighted by molar-refractivity contribution is 6.31. The number of ether oxygens (including phenoxy) is 1. The van der Waals surface area contributed by atoms with E-state index in [1.54, 1.807) is 29.2 Å². The zero-order valence-electron chi connectivity index (χ0n) is 15.2. The van der Waals surface area contributed by atoms with Crippen LogP contribution in [-0.4, -0.2) is 49.6 Å². The molecule has 2 N–H and O–H groups in total. The van der Waals surface area contributed by atoms with Crippen molar-refractivity contribution in [2.45, 2.75) is 6.54 Å². The lowest BCUT2D eigenvalue weighted by Gasteiger charge is -2.33. The molecule has 0 radical (unpaired) electrons. The minimum Gasteiger partial charge on any atom is -0.378 e. The second kappa shape index (κ2) is 9.14. The molecule has 0 atom stereocenters. The minimum atomic E-state index is -0.547. The van der Waals surface area contributed by atoms with Crippen LogP contribution in [-0.2, 0) is 11.3 Å². The van der Waals surface area contributed by atoms with Gasteiger partial charge in [0.2, 0.25) is 0 Å². The smallest absolute Gasteiger partial charge is 0.324 e. The summed E-state index contributed by atoms with van der Waals surface area (Å²) in [5, 5.41) is -0.0545. The van der Waals surface area contributed by atoms with E-state index >= 15 is 0 Å². The third kappa shape index (κ3) is 4.67. The lowest BCUT2D eigenvalue weighted by Crippen LogP contribution is -2.48. The zero-order chi connectivity index (χ0) is 20.1. The van der Waals surface area contributed by atoms with Crippen LogP contribution in [0.15, 0.2) is 42.5 Å². The van der Waals surface area contributed by atoms with E-state index in [9.17, 15) is 14.0 Å². The van der Waals surface area contributed by atoms with Gasteiger partial charge in [-0.3, -0.25) is 9.69 Å². The highest BCUT2D eigenvalue weighted by Gasteiger charge is 2.25. The third-order valence-electron chi connectivity index (χ3n) is 4.53. The fourth-order valence-electron chi connectivity index (χ4n) is 2.94. The average Bonchev–Trinajstić information content (AvgIpc) is 2.74. The molecule has 1 saturated heterocycles. The van der Waals surface area contributed by atoms with E-state index in [0.717, 1.165) is 5.56 Å². The zero-order valence-corrected chi connectivity index (χ0v) is 16.0. The Morgan fingerprint density at radius 2 is 1.82 bits per heavy atom. The number of urea groups is 1. The summed E-state index contributed by atoms with van der Waals surface area (Å²) >= 11 is 5.93. The van der Waals surface area contributed by atoms with Crippen LogP contribution in [0.2, 0.25) is 5.02 Å². The highest BCUT2D eigenvalue weighted by Crippen LogP contribution is 2.25. The summed E-state index contributed by atoms with van der Waals surface area (Å²) in [4.78, 5) is 28.0. The van der Waals surface area contributed by atoms with Gasteiger partial charge in [0.05, 0.1) is 31.3 Å². The van der Waals surface area contributed by atoms with E-state index in [0.29, 0.717) is 37.6 Å². The quantitative estimate of drug-likeness (QED) is 0.775. The first-order valence-corrected chi connectivity index (χ1v) is 9.29. The number of Topliss-reactive ketones (excluding diaryl/α,β-unsaturated/α-hetero) is 1. The molecule has 0 aliphatic carbocycles. The molecule has 1 aliphatic rings. The summed E-state index contributed by atoms with van der Waals surface area (Å²) in [5.74, 6) is -0.702. The molecular weight excluding hydrogens is 385 g/mol. The Morgan fingerprint density at radius 3 is 2.43 bits per heavy atom. The Balaban J connectivity index is 1.87. The van der Waals surface area contributed by atoms with Crippen LogP contribution >= 0.6 is 11.6 Å². The molecule has 0 bridgehead atoms. The summed E-state index contributed by atoms with van der Waals surface area (Å²) in [6.07, 6.45) is 0. The molecule has 2 aromatic carbocycles. The van der Waals surface area contributed by atoms with E-state index in [4.69, 9.17) is 22.1 Å². The Labute approximate surface area is 167 Å². The van der Waals surface area contributed by atoms with Gasteiger partial charge in [0.25, 0.3) is 0 Å². The van der Waals surface area contributed by atoms with Crippen molar-refractivity contribution in [2.24, 2.45) is 5.73 Å². The van der Waals surface area contributed by atoms with Crippen LogP contribution in [0.1, 0.15) is 15.9 Å². The highest BCUT2D eigenvalue weighted by atomic mass is 35.5. The van der Waals surface area contributed by atoms with Crippen LogP contribution in [0.5, 0.6) is 0 Å². The first-order valence-electron chi connectivity index (χ1n) is 8.91.